The fourth-order valence-corrected chi connectivity index (χ4v) is 3.22. The Bertz CT molecular complexity index is 365. The molecule has 0 aromatic carbocycles. The van der Waals surface area contributed by atoms with Gasteiger partial charge in [-0.3, -0.25) is 4.68 Å². The van der Waals surface area contributed by atoms with Crippen LogP contribution in [0.25, 0.3) is 0 Å². The van der Waals surface area contributed by atoms with E-state index in [1.54, 1.807) is 6.20 Å². The smallest absolute Gasteiger partial charge is 0.0837 e. The maximum absolute atomic E-state index is 6.36. The summed E-state index contributed by atoms with van der Waals surface area (Å²) in [6.45, 7) is 6.32. The van der Waals surface area contributed by atoms with Crippen molar-refractivity contribution in [1.82, 2.24) is 15.1 Å². The Morgan fingerprint density at radius 2 is 2.24 bits per heavy atom. The minimum atomic E-state index is 0.0279. The highest BCUT2D eigenvalue weighted by molar-refractivity contribution is 6.31. The minimum Gasteiger partial charge on any atom is -0.306 e. The predicted octanol–water partition coefficient (Wildman–Crippen LogP) is 3.33. The zero-order chi connectivity index (χ0) is 12.3. The summed E-state index contributed by atoms with van der Waals surface area (Å²) in [5, 5.41) is 8.90. The Hall–Kier alpha value is -0.540. The molecule has 96 valence electrons. The van der Waals surface area contributed by atoms with Crippen LogP contribution in [0.2, 0.25) is 5.02 Å². The van der Waals surface area contributed by atoms with E-state index in [2.05, 4.69) is 24.3 Å². The Balaban J connectivity index is 2.41. The molecular formula is C13H22ClN3. The van der Waals surface area contributed by atoms with Crippen molar-refractivity contribution < 1.29 is 0 Å². The van der Waals surface area contributed by atoms with E-state index in [-0.39, 0.29) is 5.54 Å². The van der Waals surface area contributed by atoms with E-state index in [0.717, 1.165) is 31.0 Å². The van der Waals surface area contributed by atoms with E-state index >= 15 is 0 Å². The molecule has 0 saturated carbocycles. The monoisotopic (exact) mass is 255 g/mol. The van der Waals surface area contributed by atoms with Gasteiger partial charge in [-0.25, -0.2) is 0 Å². The lowest BCUT2D eigenvalue weighted by Gasteiger charge is -2.33. The van der Waals surface area contributed by atoms with Gasteiger partial charge in [0, 0.05) is 6.54 Å². The van der Waals surface area contributed by atoms with Crippen molar-refractivity contribution in [3.05, 3.63) is 16.9 Å². The molecule has 3 nitrogen and oxygen atoms in total. The predicted molar refractivity (Wildman–Crippen MR) is 71.4 cm³/mol. The second-order valence-corrected chi connectivity index (χ2v) is 5.24. The standard InChI is InChI=1S/C13H22ClN3/c1-3-13(8-6-5-7-9-15-13)12-11(14)10-16-17(12)4-2/h10,15H,3-9H2,1-2H3. The number of rotatable bonds is 3. The molecule has 0 spiro atoms. The van der Waals surface area contributed by atoms with Crippen LogP contribution in [0.5, 0.6) is 0 Å². The molecule has 1 fully saturated rings. The summed E-state index contributed by atoms with van der Waals surface area (Å²) in [5.74, 6) is 0. The molecule has 2 heterocycles. The third-order valence-electron chi connectivity index (χ3n) is 3.89. The van der Waals surface area contributed by atoms with Crippen LogP contribution in [0.4, 0.5) is 0 Å². The van der Waals surface area contributed by atoms with Gasteiger partial charge in [-0.05, 0) is 32.7 Å². The average molecular weight is 256 g/mol. The molecule has 1 aliphatic rings. The molecule has 1 saturated heterocycles. The van der Waals surface area contributed by atoms with Gasteiger partial charge < -0.3 is 5.32 Å². The molecule has 1 aromatic heterocycles. The molecule has 0 aliphatic carbocycles. The largest absolute Gasteiger partial charge is 0.306 e. The first-order valence-electron chi connectivity index (χ1n) is 6.70. The van der Waals surface area contributed by atoms with Crippen molar-refractivity contribution >= 4 is 11.6 Å². The first-order chi connectivity index (χ1) is 8.23. The van der Waals surface area contributed by atoms with Gasteiger partial charge in [-0.15, -0.1) is 0 Å². The maximum atomic E-state index is 6.36. The van der Waals surface area contributed by atoms with E-state index in [0.29, 0.717) is 0 Å². The minimum absolute atomic E-state index is 0.0279. The van der Waals surface area contributed by atoms with Crippen LogP contribution < -0.4 is 5.32 Å². The Kier molecular flexibility index (Phi) is 4.10. The van der Waals surface area contributed by atoms with Crippen molar-refractivity contribution in [2.75, 3.05) is 6.54 Å². The molecule has 0 bridgehead atoms. The van der Waals surface area contributed by atoms with Crippen molar-refractivity contribution in [2.45, 2.75) is 58.0 Å². The van der Waals surface area contributed by atoms with Crippen molar-refractivity contribution in [3.8, 4) is 0 Å². The molecule has 1 aromatic rings. The number of hydrogen-bond acceptors (Lipinski definition) is 2. The molecule has 1 aliphatic heterocycles. The van der Waals surface area contributed by atoms with Crippen LogP contribution in [-0.4, -0.2) is 16.3 Å². The van der Waals surface area contributed by atoms with E-state index in [9.17, 15) is 0 Å². The summed E-state index contributed by atoms with van der Waals surface area (Å²) >= 11 is 6.36. The van der Waals surface area contributed by atoms with E-state index in [1.165, 1.54) is 25.0 Å². The Morgan fingerprint density at radius 3 is 2.94 bits per heavy atom. The molecule has 1 atom stereocenters. The number of nitrogens with zero attached hydrogens (tertiary/aromatic N) is 2. The highest BCUT2D eigenvalue weighted by atomic mass is 35.5. The molecule has 17 heavy (non-hydrogen) atoms. The average Bonchev–Trinajstić information content (AvgIpc) is 2.59. The number of aryl methyl sites for hydroxylation is 1. The van der Waals surface area contributed by atoms with E-state index in [4.69, 9.17) is 11.6 Å². The Labute approximate surface area is 109 Å². The summed E-state index contributed by atoms with van der Waals surface area (Å²) in [6.07, 6.45) is 7.86. The summed E-state index contributed by atoms with van der Waals surface area (Å²) in [7, 11) is 0. The third-order valence-corrected chi connectivity index (χ3v) is 4.17. The van der Waals surface area contributed by atoms with Crippen LogP contribution in [-0.2, 0) is 12.1 Å². The lowest BCUT2D eigenvalue weighted by atomic mass is 9.87. The van der Waals surface area contributed by atoms with Crippen LogP contribution in [0.3, 0.4) is 0 Å². The number of aromatic nitrogens is 2. The maximum Gasteiger partial charge on any atom is 0.0837 e. The van der Waals surface area contributed by atoms with Crippen molar-refractivity contribution in [1.29, 1.82) is 0 Å². The quantitative estimate of drug-likeness (QED) is 0.898. The lowest BCUT2D eigenvalue weighted by molar-refractivity contribution is 0.288. The summed E-state index contributed by atoms with van der Waals surface area (Å²) < 4.78 is 2.05. The third kappa shape index (κ3) is 2.36. The molecule has 0 radical (unpaired) electrons. The van der Waals surface area contributed by atoms with Gasteiger partial charge in [0.05, 0.1) is 22.5 Å². The highest BCUT2D eigenvalue weighted by Gasteiger charge is 2.35. The van der Waals surface area contributed by atoms with Crippen LogP contribution in [0.1, 0.15) is 51.6 Å². The van der Waals surface area contributed by atoms with E-state index < -0.39 is 0 Å². The number of hydrogen-bond donors (Lipinski definition) is 1. The van der Waals surface area contributed by atoms with Crippen molar-refractivity contribution in [2.24, 2.45) is 0 Å². The SMILES string of the molecule is CCn1ncc(Cl)c1C1(CC)CCCCCN1. The zero-order valence-electron chi connectivity index (χ0n) is 10.8. The summed E-state index contributed by atoms with van der Waals surface area (Å²) in [5.41, 5.74) is 1.21. The lowest BCUT2D eigenvalue weighted by Crippen LogP contribution is -2.43. The van der Waals surface area contributed by atoms with Crippen LogP contribution in [0, 0.1) is 0 Å². The van der Waals surface area contributed by atoms with Gasteiger partial charge in [0.25, 0.3) is 0 Å². The first-order valence-corrected chi connectivity index (χ1v) is 7.08. The second-order valence-electron chi connectivity index (χ2n) is 4.83. The number of halogens is 1. The molecular weight excluding hydrogens is 234 g/mol. The molecule has 2 rings (SSSR count). The van der Waals surface area contributed by atoms with Crippen LogP contribution in [0.15, 0.2) is 6.20 Å². The van der Waals surface area contributed by atoms with Gasteiger partial charge in [-0.1, -0.05) is 31.4 Å². The van der Waals surface area contributed by atoms with Crippen LogP contribution >= 0.6 is 11.6 Å². The first kappa shape index (κ1) is 12.9. The van der Waals surface area contributed by atoms with E-state index in [1.807, 2.05) is 4.68 Å². The van der Waals surface area contributed by atoms with Gasteiger partial charge in [0.15, 0.2) is 0 Å². The molecule has 4 heteroatoms. The molecule has 1 unspecified atom stereocenters. The highest BCUT2D eigenvalue weighted by Crippen LogP contribution is 2.36. The fourth-order valence-electron chi connectivity index (χ4n) is 2.89. The number of nitrogens with one attached hydrogen (secondary N) is 1. The second kappa shape index (κ2) is 5.40. The normalized spacial score (nSPS) is 25.8. The topological polar surface area (TPSA) is 29.9 Å². The fraction of sp³-hybridized carbons (Fsp3) is 0.769. The summed E-state index contributed by atoms with van der Waals surface area (Å²) in [6, 6.07) is 0. The molecule has 1 N–H and O–H groups in total. The van der Waals surface area contributed by atoms with Crippen molar-refractivity contribution in [3.63, 3.8) is 0 Å². The van der Waals surface area contributed by atoms with Gasteiger partial charge >= 0.3 is 0 Å². The van der Waals surface area contributed by atoms with Gasteiger partial charge in [0.1, 0.15) is 0 Å². The zero-order valence-corrected chi connectivity index (χ0v) is 11.6. The summed E-state index contributed by atoms with van der Waals surface area (Å²) in [4.78, 5) is 0. The van der Waals surface area contributed by atoms with Gasteiger partial charge in [0.2, 0.25) is 0 Å². The molecule has 0 amide bonds. The Morgan fingerprint density at radius 1 is 1.41 bits per heavy atom. The van der Waals surface area contributed by atoms with Gasteiger partial charge in [-0.2, -0.15) is 5.10 Å².